The van der Waals surface area contributed by atoms with Gasteiger partial charge >= 0.3 is 6.61 Å². The second kappa shape index (κ2) is 8.44. The molecule has 0 aliphatic rings. The van der Waals surface area contributed by atoms with Crippen molar-refractivity contribution in [3.05, 3.63) is 78.1 Å². The van der Waals surface area contributed by atoms with E-state index in [1.807, 2.05) is 36.5 Å². The summed E-state index contributed by atoms with van der Waals surface area (Å²) in [4.78, 5) is 14.0. The molecule has 1 heterocycles. The number of likely N-dealkylation sites (N-methyl/N-ethyl adjacent to an activating group) is 1. The molecule has 1 aromatic heterocycles. The molecule has 0 N–H and O–H groups in total. The van der Waals surface area contributed by atoms with Gasteiger partial charge in [0.2, 0.25) is 5.91 Å². The summed E-state index contributed by atoms with van der Waals surface area (Å²) in [5.41, 5.74) is 2.57. The summed E-state index contributed by atoms with van der Waals surface area (Å²) in [5.74, 6) is 0.0339. The van der Waals surface area contributed by atoms with Gasteiger partial charge in [0, 0.05) is 19.8 Å². The summed E-state index contributed by atoms with van der Waals surface area (Å²) in [6, 6.07) is 15.9. The molecular weight excluding hydrogens is 352 g/mol. The Balaban J connectivity index is 1.57. The molecule has 0 radical (unpaired) electrons. The van der Waals surface area contributed by atoms with Crippen molar-refractivity contribution in [1.29, 1.82) is 0 Å². The fourth-order valence-electron chi connectivity index (χ4n) is 2.62. The van der Waals surface area contributed by atoms with Gasteiger partial charge in [-0.05, 0) is 35.4 Å². The van der Waals surface area contributed by atoms with Crippen LogP contribution in [0.4, 0.5) is 8.78 Å². The fourth-order valence-corrected chi connectivity index (χ4v) is 2.62. The van der Waals surface area contributed by atoms with Crippen LogP contribution in [0.5, 0.6) is 5.75 Å². The highest BCUT2D eigenvalue weighted by Gasteiger charge is 2.12. The van der Waals surface area contributed by atoms with Crippen molar-refractivity contribution in [3.63, 3.8) is 0 Å². The van der Waals surface area contributed by atoms with Gasteiger partial charge in [0.25, 0.3) is 0 Å². The lowest BCUT2D eigenvalue weighted by molar-refractivity contribution is -0.129. The van der Waals surface area contributed by atoms with Gasteiger partial charge < -0.3 is 9.64 Å². The predicted molar refractivity (Wildman–Crippen MR) is 96.8 cm³/mol. The van der Waals surface area contributed by atoms with Crippen LogP contribution in [0.3, 0.4) is 0 Å². The number of benzene rings is 2. The molecule has 27 heavy (non-hydrogen) atoms. The van der Waals surface area contributed by atoms with E-state index in [9.17, 15) is 13.6 Å². The highest BCUT2D eigenvalue weighted by Crippen LogP contribution is 2.16. The molecule has 0 saturated heterocycles. The first kappa shape index (κ1) is 18.6. The molecule has 2 aromatic carbocycles. The number of amides is 1. The number of carbonyl (C=O) groups is 1. The summed E-state index contributed by atoms with van der Waals surface area (Å²) in [5, 5.41) is 4.29. The molecule has 1 amide bonds. The third-order valence-electron chi connectivity index (χ3n) is 4.01. The molecule has 5 nitrogen and oxygen atoms in total. The Labute approximate surface area is 155 Å². The van der Waals surface area contributed by atoms with Gasteiger partial charge in [-0.15, -0.1) is 0 Å². The van der Waals surface area contributed by atoms with Crippen molar-refractivity contribution < 1.29 is 18.3 Å². The number of aromatic nitrogens is 2. The smallest absolute Gasteiger partial charge is 0.387 e. The fraction of sp³-hybridized carbons (Fsp3) is 0.200. The van der Waals surface area contributed by atoms with Crippen molar-refractivity contribution in [2.24, 2.45) is 0 Å². The molecule has 140 valence electrons. The SMILES string of the molecule is CN(Cc1ccc(OC(F)F)cc1)C(=O)Cc1cnn(-c2ccccc2)c1. The number of para-hydroxylation sites is 1. The molecule has 0 bridgehead atoms. The summed E-state index contributed by atoms with van der Waals surface area (Å²) in [6.07, 6.45) is 3.74. The molecule has 0 unspecified atom stereocenters. The van der Waals surface area contributed by atoms with Crippen LogP contribution in [0.25, 0.3) is 5.69 Å². The predicted octanol–water partition coefficient (Wildman–Crippen LogP) is 3.67. The molecule has 0 aliphatic heterocycles. The quantitative estimate of drug-likeness (QED) is 0.637. The van der Waals surface area contributed by atoms with E-state index in [0.717, 1.165) is 16.8 Å². The topological polar surface area (TPSA) is 47.4 Å². The summed E-state index contributed by atoms with van der Waals surface area (Å²) in [6.45, 7) is -2.47. The maximum Gasteiger partial charge on any atom is 0.387 e. The Morgan fingerprint density at radius 1 is 1.11 bits per heavy atom. The van der Waals surface area contributed by atoms with Crippen LogP contribution in [-0.4, -0.2) is 34.2 Å². The number of rotatable bonds is 7. The van der Waals surface area contributed by atoms with Crippen LogP contribution >= 0.6 is 0 Å². The zero-order chi connectivity index (χ0) is 19.2. The van der Waals surface area contributed by atoms with E-state index in [1.54, 1.807) is 35.0 Å². The third kappa shape index (κ3) is 5.13. The van der Waals surface area contributed by atoms with Crippen molar-refractivity contribution in [2.45, 2.75) is 19.6 Å². The number of hydrogen-bond donors (Lipinski definition) is 0. The average Bonchev–Trinajstić information content (AvgIpc) is 3.12. The van der Waals surface area contributed by atoms with Gasteiger partial charge in [-0.3, -0.25) is 4.79 Å². The number of alkyl halides is 2. The molecule has 0 aliphatic carbocycles. The minimum Gasteiger partial charge on any atom is -0.435 e. The molecule has 0 saturated carbocycles. The van der Waals surface area contributed by atoms with Crippen LogP contribution in [0.15, 0.2) is 67.0 Å². The van der Waals surface area contributed by atoms with Crippen molar-refractivity contribution in [3.8, 4) is 11.4 Å². The van der Waals surface area contributed by atoms with Crippen LogP contribution in [0, 0.1) is 0 Å². The average molecular weight is 371 g/mol. The molecule has 0 spiro atoms. The van der Waals surface area contributed by atoms with Crippen LogP contribution in [0.2, 0.25) is 0 Å². The highest BCUT2D eigenvalue weighted by molar-refractivity contribution is 5.78. The monoisotopic (exact) mass is 371 g/mol. The summed E-state index contributed by atoms with van der Waals surface area (Å²) in [7, 11) is 1.70. The van der Waals surface area contributed by atoms with Crippen LogP contribution in [0.1, 0.15) is 11.1 Å². The van der Waals surface area contributed by atoms with Crippen LogP contribution < -0.4 is 4.74 Å². The highest BCUT2D eigenvalue weighted by atomic mass is 19.3. The van der Waals surface area contributed by atoms with E-state index in [0.29, 0.717) is 6.54 Å². The standard InChI is InChI=1S/C20H19F2N3O2/c1-24(13-15-7-9-18(10-8-15)27-20(21)22)19(26)11-16-12-23-25(14-16)17-5-3-2-4-6-17/h2-10,12,14,20H,11,13H2,1H3. The molecule has 0 fully saturated rings. The minimum atomic E-state index is -2.85. The van der Waals surface area contributed by atoms with Crippen LogP contribution in [-0.2, 0) is 17.8 Å². The number of halogens is 2. The molecule has 0 atom stereocenters. The Kier molecular flexibility index (Phi) is 5.80. The van der Waals surface area contributed by atoms with Gasteiger partial charge in [0.15, 0.2) is 0 Å². The zero-order valence-corrected chi connectivity index (χ0v) is 14.8. The number of nitrogens with zero attached hydrogens (tertiary/aromatic N) is 3. The van der Waals surface area contributed by atoms with Gasteiger partial charge in [0.1, 0.15) is 5.75 Å². The van der Waals surface area contributed by atoms with Crippen molar-refractivity contribution in [2.75, 3.05) is 7.05 Å². The van der Waals surface area contributed by atoms with E-state index >= 15 is 0 Å². The molecule has 3 aromatic rings. The van der Waals surface area contributed by atoms with Crippen molar-refractivity contribution in [1.82, 2.24) is 14.7 Å². The zero-order valence-electron chi connectivity index (χ0n) is 14.8. The Morgan fingerprint density at radius 3 is 2.48 bits per heavy atom. The largest absolute Gasteiger partial charge is 0.435 e. The molecule has 7 heteroatoms. The van der Waals surface area contributed by atoms with Gasteiger partial charge in [0.05, 0.1) is 18.3 Å². The first-order valence-electron chi connectivity index (χ1n) is 8.38. The second-order valence-electron chi connectivity index (χ2n) is 6.08. The second-order valence-corrected chi connectivity index (χ2v) is 6.08. The van der Waals surface area contributed by atoms with E-state index < -0.39 is 6.61 Å². The maximum atomic E-state index is 12.4. The molecular formula is C20H19F2N3O2. The number of ether oxygens (including phenoxy) is 1. The third-order valence-corrected chi connectivity index (χ3v) is 4.01. The summed E-state index contributed by atoms with van der Waals surface area (Å²) < 4.78 is 30.4. The first-order chi connectivity index (χ1) is 13.0. The minimum absolute atomic E-state index is 0.0597. The summed E-state index contributed by atoms with van der Waals surface area (Å²) >= 11 is 0. The van der Waals surface area contributed by atoms with E-state index in [1.165, 1.54) is 12.1 Å². The van der Waals surface area contributed by atoms with E-state index in [-0.39, 0.29) is 18.1 Å². The number of carbonyl (C=O) groups excluding carboxylic acids is 1. The normalized spacial score (nSPS) is 10.8. The van der Waals surface area contributed by atoms with E-state index in [2.05, 4.69) is 9.84 Å². The first-order valence-corrected chi connectivity index (χ1v) is 8.38. The lowest BCUT2D eigenvalue weighted by Gasteiger charge is -2.17. The molecule has 3 rings (SSSR count). The Bertz CT molecular complexity index is 880. The van der Waals surface area contributed by atoms with E-state index in [4.69, 9.17) is 0 Å². The lowest BCUT2D eigenvalue weighted by atomic mass is 10.2. The lowest BCUT2D eigenvalue weighted by Crippen LogP contribution is -2.27. The Hall–Kier alpha value is -3.22. The van der Waals surface area contributed by atoms with Crippen molar-refractivity contribution >= 4 is 5.91 Å². The van der Waals surface area contributed by atoms with Gasteiger partial charge in [-0.2, -0.15) is 13.9 Å². The maximum absolute atomic E-state index is 12.4. The Morgan fingerprint density at radius 2 is 1.81 bits per heavy atom. The van der Waals surface area contributed by atoms with Gasteiger partial charge in [-0.25, -0.2) is 4.68 Å². The number of hydrogen-bond acceptors (Lipinski definition) is 3. The van der Waals surface area contributed by atoms with Gasteiger partial charge in [-0.1, -0.05) is 30.3 Å².